The zero-order valence-corrected chi connectivity index (χ0v) is 12.6. The average molecular weight is 308 g/mol. The van der Waals surface area contributed by atoms with Gasteiger partial charge in [0.1, 0.15) is 0 Å². The zero-order valence-electron chi connectivity index (χ0n) is 11.8. The van der Waals surface area contributed by atoms with Crippen LogP contribution < -0.4 is 0 Å². The van der Waals surface area contributed by atoms with E-state index in [1.165, 1.54) is 18.2 Å². The first-order chi connectivity index (χ1) is 9.91. The molecule has 6 nitrogen and oxygen atoms in total. The maximum atomic E-state index is 11.7. The maximum absolute atomic E-state index is 11.7. The number of rotatable bonds is 6. The third-order valence-electron chi connectivity index (χ3n) is 2.52. The molecule has 0 aliphatic rings. The lowest BCUT2D eigenvalue weighted by Crippen LogP contribution is -2.23. The smallest absolute Gasteiger partial charge is 0.276 e. The summed E-state index contributed by atoms with van der Waals surface area (Å²) >= 11 is 4.92. The van der Waals surface area contributed by atoms with Gasteiger partial charge in [-0.15, -0.1) is 0 Å². The summed E-state index contributed by atoms with van der Waals surface area (Å²) in [4.78, 5) is 23.6. The normalized spacial score (nSPS) is 10.4. The molecule has 0 spiro atoms. The van der Waals surface area contributed by atoms with Gasteiger partial charge in [0.15, 0.2) is 5.78 Å². The lowest BCUT2D eigenvalue weighted by atomic mass is 10.1. The highest BCUT2D eigenvalue weighted by Crippen LogP contribution is 2.18. The number of hydrogen-bond acceptors (Lipinski definition) is 5. The molecule has 0 aromatic heterocycles. The van der Waals surface area contributed by atoms with Crippen LogP contribution in [0.5, 0.6) is 0 Å². The monoisotopic (exact) mass is 308 g/mol. The van der Waals surface area contributed by atoms with E-state index in [2.05, 4.69) is 0 Å². The molecule has 0 atom stereocenters. The third-order valence-corrected chi connectivity index (χ3v) is 3.00. The number of hydrogen-bond donors (Lipinski definition) is 0. The summed E-state index contributed by atoms with van der Waals surface area (Å²) in [6.07, 6.45) is 2.90. The Hall–Kier alpha value is -2.28. The first-order valence-electron chi connectivity index (χ1n) is 6.20. The van der Waals surface area contributed by atoms with Crippen LogP contribution >= 0.6 is 12.2 Å². The number of allylic oxidation sites excluding steroid dienone is 1. The minimum Gasteiger partial charge on any atom is -0.470 e. The first-order valence-corrected chi connectivity index (χ1v) is 6.61. The van der Waals surface area contributed by atoms with E-state index in [0.717, 1.165) is 0 Å². The van der Waals surface area contributed by atoms with Crippen molar-refractivity contribution in [1.82, 2.24) is 4.90 Å². The molecule has 112 valence electrons. The highest BCUT2D eigenvalue weighted by molar-refractivity contribution is 7.80. The molecule has 0 saturated heterocycles. The summed E-state index contributed by atoms with van der Waals surface area (Å²) in [6, 6.07) is 6.23. The van der Waals surface area contributed by atoms with Crippen LogP contribution in [0.4, 0.5) is 5.69 Å². The van der Waals surface area contributed by atoms with Crippen LogP contribution in [0.2, 0.25) is 0 Å². The molecule has 0 fully saturated rings. The number of ketones is 1. The Morgan fingerprint density at radius 2 is 2.10 bits per heavy atom. The highest BCUT2D eigenvalue weighted by atomic mass is 32.1. The number of carbonyl (C=O) groups is 1. The van der Waals surface area contributed by atoms with Gasteiger partial charge < -0.3 is 9.64 Å². The Balaban J connectivity index is 2.55. The predicted molar refractivity (Wildman–Crippen MR) is 84.0 cm³/mol. The molecule has 0 N–H and O–H groups in total. The van der Waals surface area contributed by atoms with E-state index in [1.54, 1.807) is 37.2 Å². The van der Waals surface area contributed by atoms with Gasteiger partial charge in [0.25, 0.3) is 10.9 Å². The molecule has 1 aromatic carbocycles. The number of benzene rings is 1. The minimum absolute atomic E-state index is 0.0356. The number of nitro groups is 1. The van der Waals surface area contributed by atoms with Gasteiger partial charge in [0.05, 0.1) is 17.1 Å². The summed E-state index contributed by atoms with van der Waals surface area (Å²) in [5.74, 6) is -0.185. The van der Waals surface area contributed by atoms with Gasteiger partial charge in [0, 0.05) is 26.6 Å². The topological polar surface area (TPSA) is 72.7 Å². The van der Waals surface area contributed by atoms with Crippen molar-refractivity contribution in [3.05, 3.63) is 46.0 Å². The van der Waals surface area contributed by atoms with Gasteiger partial charge in [-0.25, -0.2) is 0 Å². The number of thiocarbonyl (C=S) groups is 1. The Morgan fingerprint density at radius 3 is 2.71 bits per heavy atom. The molecule has 7 heteroatoms. The lowest BCUT2D eigenvalue weighted by molar-refractivity contribution is -0.385. The summed E-state index contributed by atoms with van der Waals surface area (Å²) in [5, 5.41) is 11.1. The summed E-state index contributed by atoms with van der Waals surface area (Å²) < 4.78 is 5.18. The number of para-hydroxylation sites is 1. The van der Waals surface area contributed by atoms with E-state index in [0.29, 0.717) is 10.7 Å². The second-order valence-electron chi connectivity index (χ2n) is 4.37. The van der Waals surface area contributed by atoms with Crippen molar-refractivity contribution in [2.24, 2.45) is 0 Å². The molecule has 1 aromatic rings. The fraction of sp³-hybridized carbons (Fsp3) is 0.286. The van der Waals surface area contributed by atoms with Gasteiger partial charge >= 0.3 is 0 Å². The van der Waals surface area contributed by atoms with Crippen molar-refractivity contribution in [1.29, 1.82) is 0 Å². The van der Waals surface area contributed by atoms with E-state index in [9.17, 15) is 14.9 Å². The first kappa shape index (κ1) is 16.8. The number of nitrogens with zero attached hydrogens (tertiary/aromatic N) is 2. The van der Waals surface area contributed by atoms with Crippen molar-refractivity contribution in [2.45, 2.75) is 6.42 Å². The molecule has 0 aliphatic carbocycles. The van der Waals surface area contributed by atoms with Crippen LogP contribution in [-0.2, 0) is 9.53 Å². The van der Waals surface area contributed by atoms with Gasteiger partial charge in [0.2, 0.25) is 0 Å². The Morgan fingerprint density at radius 1 is 1.43 bits per heavy atom. The van der Waals surface area contributed by atoms with Crippen LogP contribution in [0, 0.1) is 10.1 Å². The Bertz CT molecular complexity index is 570. The molecular formula is C14H16N2O4S. The minimum atomic E-state index is -0.483. The molecule has 0 saturated carbocycles. The van der Waals surface area contributed by atoms with E-state index >= 15 is 0 Å². The second kappa shape index (κ2) is 8.11. The van der Waals surface area contributed by atoms with Gasteiger partial charge in [-0.2, -0.15) is 0 Å². The summed E-state index contributed by atoms with van der Waals surface area (Å²) in [5.41, 5.74) is 0.354. The predicted octanol–water partition coefficient (Wildman–Crippen LogP) is 2.43. The van der Waals surface area contributed by atoms with Crippen molar-refractivity contribution in [3.63, 3.8) is 0 Å². The molecule has 0 radical (unpaired) electrons. The van der Waals surface area contributed by atoms with Gasteiger partial charge in [-0.05, 0) is 30.4 Å². The quantitative estimate of drug-likeness (QED) is 0.348. The van der Waals surface area contributed by atoms with Crippen LogP contribution in [0.3, 0.4) is 0 Å². The highest BCUT2D eigenvalue weighted by Gasteiger charge is 2.09. The van der Waals surface area contributed by atoms with Crippen molar-refractivity contribution < 1.29 is 14.5 Å². The largest absolute Gasteiger partial charge is 0.470 e. The average Bonchev–Trinajstić information content (AvgIpc) is 2.45. The molecule has 21 heavy (non-hydrogen) atoms. The Labute approximate surface area is 128 Å². The van der Waals surface area contributed by atoms with Crippen molar-refractivity contribution in [3.8, 4) is 0 Å². The van der Waals surface area contributed by atoms with Crippen LogP contribution in [-0.4, -0.2) is 41.5 Å². The molecule has 0 aliphatic heterocycles. The van der Waals surface area contributed by atoms with E-state index in [4.69, 9.17) is 17.0 Å². The molecular weight excluding hydrogens is 292 g/mol. The molecule has 0 amide bonds. The fourth-order valence-electron chi connectivity index (χ4n) is 1.43. The number of carbonyl (C=O) groups excluding carboxylic acids is 1. The van der Waals surface area contributed by atoms with Gasteiger partial charge in [-0.3, -0.25) is 14.9 Å². The van der Waals surface area contributed by atoms with E-state index < -0.39 is 4.92 Å². The standard InChI is InChI=1S/C14H16N2O4S/c1-15(2)14(21)20-10-9-12(17)8-7-11-5-3-4-6-13(11)16(18)19/h3-8H,9-10H2,1-2H3. The van der Waals surface area contributed by atoms with E-state index in [-0.39, 0.29) is 24.5 Å². The summed E-state index contributed by atoms with van der Waals surface area (Å²) in [7, 11) is 3.50. The zero-order chi connectivity index (χ0) is 15.8. The maximum Gasteiger partial charge on any atom is 0.276 e. The Kier molecular flexibility index (Phi) is 6.48. The molecule has 0 heterocycles. The SMILES string of the molecule is CN(C)C(=S)OCCC(=O)C=Cc1ccccc1[N+](=O)[O-]. The fourth-order valence-corrected chi connectivity index (χ4v) is 1.51. The summed E-state index contributed by atoms with van der Waals surface area (Å²) in [6.45, 7) is 0.178. The molecule has 0 bridgehead atoms. The van der Waals surface area contributed by atoms with Crippen LogP contribution in [0.25, 0.3) is 6.08 Å². The molecule has 0 unspecified atom stereocenters. The lowest BCUT2D eigenvalue weighted by Gasteiger charge is -2.13. The van der Waals surface area contributed by atoms with E-state index in [1.807, 2.05) is 0 Å². The van der Waals surface area contributed by atoms with Crippen LogP contribution in [0.15, 0.2) is 30.3 Å². The third kappa shape index (κ3) is 5.70. The number of nitro benzene ring substituents is 1. The van der Waals surface area contributed by atoms with Gasteiger partial charge in [-0.1, -0.05) is 12.1 Å². The van der Waals surface area contributed by atoms with Crippen molar-refractivity contribution in [2.75, 3.05) is 20.7 Å². The molecule has 1 rings (SSSR count). The van der Waals surface area contributed by atoms with Crippen molar-refractivity contribution >= 4 is 34.9 Å². The second-order valence-corrected chi connectivity index (χ2v) is 4.72. The van der Waals surface area contributed by atoms with Crippen LogP contribution in [0.1, 0.15) is 12.0 Å². The number of ether oxygens (including phenoxy) is 1.